The number of aliphatic hydroxyl groups is 1. The Morgan fingerprint density at radius 3 is 1.91 bits per heavy atom. The fraction of sp³-hybridized carbons (Fsp3) is 0.286. The molecule has 0 saturated carbocycles. The van der Waals surface area contributed by atoms with E-state index in [0.29, 0.717) is 5.69 Å². The average Bonchev–Trinajstić information content (AvgIpc) is 3.05. The van der Waals surface area contributed by atoms with Gasteiger partial charge in [0.05, 0.1) is 17.5 Å². The van der Waals surface area contributed by atoms with Crippen LogP contribution in [0.2, 0.25) is 0 Å². The molecule has 0 unspecified atom stereocenters. The Hall–Kier alpha value is -3.24. The zero-order valence-electron chi connectivity index (χ0n) is 18.4. The van der Waals surface area contributed by atoms with E-state index in [9.17, 15) is 14.7 Å². The fourth-order valence-electron chi connectivity index (χ4n) is 6.27. The summed E-state index contributed by atoms with van der Waals surface area (Å²) in [5.41, 5.74) is 3.19. The predicted octanol–water partition coefficient (Wildman–Crippen LogP) is 4.48. The quantitative estimate of drug-likeness (QED) is 0.587. The van der Waals surface area contributed by atoms with Crippen molar-refractivity contribution in [1.82, 2.24) is 0 Å². The number of amides is 2. The van der Waals surface area contributed by atoms with Gasteiger partial charge in [0.15, 0.2) is 0 Å². The summed E-state index contributed by atoms with van der Waals surface area (Å²) in [4.78, 5) is 29.3. The van der Waals surface area contributed by atoms with Gasteiger partial charge in [0, 0.05) is 5.92 Å². The number of imide groups is 1. The number of hydrogen-bond donors (Lipinski definition) is 1. The lowest BCUT2D eigenvalue weighted by Gasteiger charge is -2.51. The highest BCUT2D eigenvalue weighted by Gasteiger charge is 2.68. The molecule has 3 aromatic rings. The number of nitrogens with zero attached hydrogens (tertiary/aromatic N) is 1. The van der Waals surface area contributed by atoms with E-state index in [-0.39, 0.29) is 23.1 Å². The lowest BCUT2D eigenvalue weighted by atomic mass is 9.52. The first-order valence-corrected chi connectivity index (χ1v) is 11.1. The Kier molecular flexibility index (Phi) is 3.75. The number of hydrogen-bond acceptors (Lipinski definition) is 3. The SMILES string of the molecule is CC(C)(C)c1ccccc1N1C(=O)[C@H]2C3c4ccccc4C(O)(c4ccccc43)[C@H]2C1=O. The molecular weight excluding hydrogens is 398 g/mol. The zero-order valence-corrected chi connectivity index (χ0v) is 18.4. The van der Waals surface area contributed by atoms with Crippen molar-refractivity contribution in [3.05, 3.63) is 101 Å². The van der Waals surface area contributed by atoms with Crippen LogP contribution in [0.4, 0.5) is 5.69 Å². The van der Waals surface area contributed by atoms with E-state index in [4.69, 9.17) is 0 Å². The molecule has 0 aromatic heterocycles. The second-order valence-electron chi connectivity index (χ2n) is 10.2. The first kappa shape index (κ1) is 19.4. The molecule has 3 aliphatic carbocycles. The lowest BCUT2D eigenvalue weighted by Crippen LogP contribution is -2.53. The standard InChI is InChI=1S/C28H25NO3/c1-27(2,3)20-14-8-9-15-21(20)29-25(30)23-22-16-10-4-6-12-18(16)28(32,24(23)26(29)31)19-13-7-5-11-17(19)22/h4-15,22-24,32H,1-3H3/t22?,23-,24+,28?/m0/s1. The summed E-state index contributed by atoms with van der Waals surface area (Å²) in [5.74, 6) is -2.23. The van der Waals surface area contributed by atoms with E-state index >= 15 is 0 Å². The lowest BCUT2D eigenvalue weighted by molar-refractivity contribution is -0.133. The Labute approximate surface area is 187 Å². The summed E-state index contributed by atoms with van der Waals surface area (Å²) in [6.45, 7) is 6.23. The van der Waals surface area contributed by atoms with Gasteiger partial charge < -0.3 is 5.11 Å². The maximum Gasteiger partial charge on any atom is 0.241 e. The van der Waals surface area contributed by atoms with E-state index < -0.39 is 17.4 Å². The molecule has 1 saturated heterocycles. The molecule has 4 heteroatoms. The van der Waals surface area contributed by atoms with Crippen molar-refractivity contribution < 1.29 is 14.7 Å². The first-order valence-electron chi connectivity index (χ1n) is 11.1. The van der Waals surface area contributed by atoms with Crippen molar-refractivity contribution >= 4 is 17.5 Å². The number of para-hydroxylation sites is 1. The van der Waals surface area contributed by atoms with Crippen LogP contribution in [-0.2, 0) is 20.6 Å². The second kappa shape index (κ2) is 6.17. The average molecular weight is 424 g/mol. The predicted molar refractivity (Wildman–Crippen MR) is 122 cm³/mol. The number of carbonyl (C=O) groups excluding carboxylic acids is 2. The topological polar surface area (TPSA) is 57.6 Å². The van der Waals surface area contributed by atoms with Gasteiger partial charge in [0.25, 0.3) is 0 Å². The van der Waals surface area contributed by atoms with Crippen LogP contribution in [0.3, 0.4) is 0 Å². The van der Waals surface area contributed by atoms with Gasteiger partial charge in [0.2, 0.25) is 11.8 Å². The largest absolute Gasteiger partial charge is 0.379 e. The van der Waals surface area contributed by atoms with Crippen LogP contribution in [0.15, 0.2) is 72.8 Å². The zero-order chi connectivity index (χ0) is 22.4. The smallest absolute Gasteiger partial charge is 0.241 e. The molecule has 1 aliphatic heterocycles. The van der Waals surface area contributed by atoms with Gasteiger partial charge in [-0.25, -0.2) is 4.90 Å². The van der Waals surface area contributed by atoms with E-state index in [1.54, 1.807) is 0 Å². The minimum atomic E-state index is -1.52. The monoisotopic (exact) mass is 423 g/mol. The minimum absolute atomic E-state index is 0.218. The fourth-order valence-corrected chi connectivity index (χ4v) is 6.27. The molecule has 1 fully saturated rings. The van der Waals surface area contributed by atoms with Gasteiger partial charge in [-0.3, -0.25) is 9.59 Å². The van der Waals surface area contributed by atoms with E-state index in [0.717, 1.165) is 27.8 Å². The van der Waals surface area contributed by atoms with Crippen molar-refractivity contribution in [1.29, 1.82) is 0 Å². The van der Waals surface area contributed by atoms with Crippen molar-refractivity contribution in [3.63, 3.8) is 0 Å². The second-order valence-corrected chi connectivity index (χ2v) is 10.2. The normalized spacial score (nSPS) is 27.9. The van der Waals surface area contributed by atoms with Crippen LogP contribution in [0.1, 0.15) is 54.5 Å². The summed E-state index contributed by atoms with van der Waals surface area (Å²) >= 11 is 0. The molecule has 2 bridgehead atoms. The molecule has 3 aromatic carbocycles. The Balaban J connectivity index is 1.61. The molecular formula is C28H25NO3. The van der Waals surface area contributed by atoms with Gasteiger partial charge in [-0.2, -0.15) is 0 Å². The van der Waals surface area contributed by atoms with Crippen LogP contribution < -0.4 is 4.90 Å². The Morgan fingerprint density at radius 2 is 1.31 bits per heavy atom. The van der Waals surface area contributed by atoms with E-state index in [1.165, 1.54) is 4.90 Å². The third kappa shape index (κ3) is 2.20. The van der Waals surface area contributed by atoms with E-state index in [1.807, 2.05) is 72.8 Å². The van der Waals surface area contributed by atoms with Crippen molar-refractivity contribution in [2.75, 3.05) is 4.90 Å². The van der Waals surface area contributed by atoms with Gasteiger partial charge in [0.1, 0.15) is 5.60 Å². The maximum absolute atomic E-state index is 14.0. The first-order chi connectivity index (χ1) is 15.3. The summed E-state index contributed by atoms with van der Waals surface area (Å²) in [5, 5.41) is 12.3. The number of anilines is 1. The highest BCUT2D eigenvalue weighted by molar-refractivity contribution is 6.24. The van der Waals surface area contributed by atoms with Gasteiger partial charge in [-0.1, -0.05) is 87.5 Å². The number of benzene rings is 3. The van der Waals surface area contributed by atoms with Gasteiger partial charge in [-0.15, -0.1) is 0 Å². The Bertz CT molecular complexity index is 1250. The van der Waals surface area contributed by atoms with Crippen molar-refractivity contribution in [3.8, 4) is 0 Å². The van der Waals surface area contributed by atoms with Crippen molar-refractivity contribution in [2.24, 2.45) is 11.8 Å². The Morgan fingerprint density at radius 1 is 0.781 bits per heavy atom. The molecule has 0 spiro atoms. The van der Waals surface area contributed by atoms with E-state index in [2.05, 4.69) is 20.8 Å². The highest BCUT2D eigenvalue weighted by Crippen LogP contribution is 2.63. The molecule has 2 atom stereocenters. The molecule has 0 radical (unpaired) electrons. The van der Waals surface area contributed by atoms with Crippen LogP contribution >= 0.6 is 0 Å². The molecule has 1 heterocycles. The third-order valence-electron chi connectivity index (χ3n) is 7.53. The molecule has 160 valence electrons. The summed E-state index contributed by atoms with van der Waals surface area (Å²) in [6.07, 6.45) is 0. The van der Waals surface area contributed by atoms with Gasteiger partial charge >= 0.3 is 0 Å². The number of rotatable bonds is 1. The minimum Gasteiger partial charge on any atom is -0.379 e. The summed E-state index contributed by atoms with van der Waals surface area (Å²) in [7, 11) is 0. The van der Waals surface area contributed by atoms with Gasteiger partial charge in [-0.05, 0) is 39.3 Å². The summed E-state index contributed by atoms with van der Waals surface area (Å²) < 4.78 is 0. The van der Waals surface area contributed by atoms with Crippen molar-refractivity contribution in [2.45, 2.75) is 37.7 Å². The van der Waals surface area contributed by atoms with Crippen LogP contribution in [0.25, 0.3) is 0 Å². The molecule has 2 amide bonds. The molecule has 4 aliphatic rings. The molecule has 32 heavy (non-hydrogen) atoms. The summed E-state index contributed by atoms with van der Waals surface area (Å²) in [6, 6.07) is 23.1. The van der Waals surface area contributed by atoms with Crippen LogP contribution in [0, 0.1) is 11.8 Å². The highest BCUT2D eigenvalue weighted by atomic mass is 16.3. The number of carbonyl (C=O) groups is 2. The third-order valence-corrected chi connectivity index (χ3v) is 7.53. The maximum atomic E-state index is 14.0. The molecule has 1 N–H and O–H groups in total. The van der Waals surface area contributed by atoms with Crippen LogP contribution in [-0.4, -0.2) is 16.9 Å². The molecule has 4 nitrogen and oxygen atoms in total. The van der Waals surface area contributed by atoms with Crippen LogP contribution in [0.5, 0.6) is 0 Å². The molecule has 7 rings (SSSR count).